The van der Waals surface area contributed by atoms with Crippen LogP contribution in [0.25, 0.3) is 10.2 Å². The van der Waals surface area contributed by atoms with Gasteiger partial charge in [0, 0.05) is 31.8 Å². The van der Waals surface area contributed by atoms with E-state index in [1.807, 2.05) is 24.3 Å². The fraction of sp³-hybridized carbons (Fsp3) is 0.333. The van der Waals surface area contributed by atoms with Gasteiger partial charge in [0.15, 0.2) is 16.8 Å². The van der Waals surface area contributed by atoms with Crippen molar-refractivity contribution >= 4 is 67.6 Å². The van der Waals surface area contributed by atoms with Crippen LogP contribution < -0.4 is 25.9 Å². The van der Waals surface area contributed by atoms with Gasteiger partial charge in [0.1, 0.15) is 11.8 Å². The van der Waals surface area contributed by atoms with Crippen LogP contribution in [0.2, 0.25) is 0 Å². The molecule has 3 amide bonds. The molecule has 3 N–H and O–H groups in total. The van der Waals surface area contributed by atoms with Gasteiger partial charge < -0.3 is 19.7 Å². The molecule has 0 spiro atoms. The summed E-state index contributed by atoms with van der Waals surface area (Å²) in [5.41, 5.74) is 3.58. The number of nitrogens with one attached hydrogen (secondary N) is 3. The zero-order valence-electron chi connectivity index (χ0n) is 20.8. The van der Waals surface area contributed by atoms with E-state index in [1.165, 1.54) is 28.4 Å². The Labute approximate surface area is 231 Å². The molecule has 15 heteroatoms. The van der Waals surface area contributed by atoms with Crippen LogP contribution in [0, 0.1) is 11.6 Å². The Kier molecular flexibility index (Phi) is 7.90. The summed E-state index contributed by atoms with van der Waals surface area (Å²) in [5.74, 6) is -1.65. The number of aromatic nitrogens is 1. The van der Waals surface area contributed by atoms with Crippen molar-refractivity contribution in [1.82, 2.24) is 20.7 Å². The minimum absolute atomic E-state index is 0.0420. The van der Waals surface area contributed by atoms with Crippen molar-refractivity contribution in [2.24, 2.45) is 0 Å². The minimum Gasteiger partial charge on any atom is -0.474 e. The van der Waals surface area contributed by atoms with Crippen LogP contribution >= 0.6 is 23.6 Å². The number of cyclic esters (lactones) is 1. The molecule has 1 aromatic heterocycles. The van der Waals surface area contributed by atoms with Gasteiger partial charge in [0.25, 0.3) is 5.17 Å². The van der Waals surface area contributed by atoms with Gasteiger partial charge in [-0.3, -0.25) is 15.2 Å². The predicted octanol–water partition coefficient (Wildman–Crippen LogP) is 3.28. The first-order valence-electron chi connectivity index (χ1n) is 12.0. The third-order valence-corrected chi connectivity index (χ3v) is 7.46. The van der Waals surface area contributed by atoms with Crippen LogP contribution in [-0.4, -0.2) is 79.8 Å². The van der Waals surface area contributed by atoms with E-state index >= 15 is 8.78 Å². The highest BCUT2D eigenvalue weighted by molar-refractivity contribution is 7.80. The van der Waals surface area contributed by atoms with Crippen molar-refractivity contribution < 1.29 is 27.8 Å². The summed E-state index contributed by atoms with van der Waals surface area (Å²) in [4.78, 5) is 32.2. The van der Waals surface area contributed by atoms with Gasteiger partial charge in [-0.1, -0.05) is 23.5 Å². The Balaban J connectivity index is 1.22. The van der Waals surface area contributed by atoms with Crippen molar-refractivity contribution in [3.05, 3.63) is 48.0 Å². The number of carbonyl (C=O) groups excluding carboxylic acids is 2. The van der Waals surface area contributed by atoms with Gasteiger partial charge in [-0.25, -0.2) is 28.8 Å². The molecule has 0 bridgehead atoms. The Bertz CT molecular complexity index is 1350. The molecule has 11 nitrogen and oxygen atoms in total. The van der Waals surface area contributed by atoms with E-state index in [-0.39, 0.29) is 55.8 Å². The van der Waals surface area contributed by atoms with Crippen LogP contribution in [0.1, 0.15) is 0 Å². The third-order valence-electron chi connectivity index (χ3n) is 6.19. The highest BCUT2D eigenvalue weighted by atomic mass is 32.1. The summed E-state index contributed by atoms with van der Waals surface area (Å²) < 4.78 is 41.5. The average Bonchev–Trinajstić information content (AvgIpc) is 3.40. The molecule has 3 heterocycles. The number of ether oxygens (including phenoxy) is 2. The molecule has 1 atom stereocenters. The summed E-state index contributed by atoms with van der Waals surface area (Å²) in [6.45, 7) is 1.13. The van der Waals surface area contributed by atoms with E-state index in [9.17, 15) is 9.59 Å². The number of benzene rings is 2. The number of methoxy groups -OCH3 is 1. The second-order valence-electron chi connectivity index (χ2n) is 8.71. The second-order valence-corrected chi connectivity index (χ2v) is 10.1. The standard InChI is InChI=1S/C24H25F2N7O4S2/c1-36-23(38)27-12-15-13-32(24(35)37-15)14-10-16(25)20(17(26)11-14)31-7-6-28-33(9-8-31)22(34)30-21-29-18-4-2-3-5-19(18)39-21/h2-5,10-11,15,28H,6-9,12-13H2,1H3,(H,27,38)(H,29,30,34)/t15-/m0/s1. The van der Waals surface area contributed by atoms with Gasteiger partial charge in [0.05, 0.1) is 42.6 Å². The molecular weight excluding hydrogens is 552 g/mol. The van der Waals surface area contributed by atoms with Gasteiger partial charge >= 0.3 is 12.1 Å². The lowest BCUT2D eigenvalue weighted by molar-refractivity contribution is 0.142. The molecule has 0 radical (unpaired) electrons. The average molecular weight is 578 g/mol. The lowest BCUT2D eigenvalue weighted by Gasteiger charge is -2.25. The molecule has 3 aromatic rings. The first kappa shape index (κ1) is 26.8. The quantitative estimate of drug-likeness (QED) is 0.394. The summed E-state index contributed by atoms with van der Waals surface area (Å²) in [6.07, 6.45) is -1.29. The molecule has 5 rings (SSSR count). The number of carbonyl (C=O) groups is 2. The second kappa shape index (κ2) is 11.5. The summed E-state index contributed by atoms with van der Waals surface area (Å²) >= 11 is 6.26. The highest BCUT2D eigenvalue weighted by Crippen LogP contribution is 2.31. The molecule has 206 valence electrons. The lowest BCUT2D eigenvalue weighted by atomic mass is 10.2. The van der Waals surface area contributed by atoms with Crippen LogP contribution in [-0.2, 0) is 9.47 Å². The van der Waals surface area contributed by atoms with Crippen LogP contribution in [0.4, 0.5) is 34.9 Å². The maximum absolute atomic E-state index is 15.2. The molecule has 0 aliphatic carbocycles. The molecule has 2 fully saturated rings. The van der Waals surface area contributed by atoms with E-state index < -0.39 is 29.9 Å². The highest BCUT2D eigenvalue weighted by Gasteiger charge is 2.34. The smallest absolute Gasteiger partial charge is 0.414 e. The summed E-state index contributed by atoms with van der Waals surface area (Å²) in [6, 6.07) is 9.33. The normalized spacial score (nSPS) is 17.7. The fourth-order valence-corrected chi connectivity index (χ4v) is 5.27. The maximum atomic E-state index is 15.2. The molecule has 2 aromatic carbocycles. The zero-order valence-corrected chi connectivity index (χ0v) is 22.4. The van der Waals surface area contributed by atoms with Crippen molar-refractivity contribution in [1.29, 1.82) is 0 Å². The number of rotatable bonds is 5. The molecule has 2 aliphatic rings. The number of nitrogens with zero attached hydrogens (tertiary/aromatic N) is 4. The number of hydrogen-bond acceptors (Lipinski definition) is 9. The zero-order chi connectivity index (χ0) is 27.5. The number of amides is 3. The van der Waals surface area contributed by atoms with Crippen molar-refractivity contribution in [2.45, 2.75) is 6.10 Å². The summed E-state index contributed by atoms with van der Waals surface area (Å²) in [7, 11) is 1.41. The topological polar surface area (TPSA) is 111 Å². The SMILES string of the molecule is COC(=S)NC[C@H]1CN(c2cc(F)c(N3CCNN(C(=O)Nc4nc5ccccc5s4)CC3)c(F)c2)C(=O)O1. The predicted molar refractivity (Wildman–Crippen MR) is 147 cm³/mol. The van der Waals surface area contributed by atoms with Gasteiger partial charge in [0.2, 0.25) is 0 Å². The molecule has 0 unspecified atom stereocenters. The monoisotopic (exact) mass is 577 g/mol. The van der Waals surface area contributed by atoms with E-state index in [0.717, 1.165) is 27.2 Å². The van der Waals surface area contributed by atoms with Crippen molar-refractivity contribution in [2.75, 3.05) is 61.5 Å². The van der Waals surface area contributed by atoms with Gasteiger partial charge in [-0.15, -0.1) is 0 Å². The van der Waals surface area contributed by atoms with Crippen LogP contribution in [0.3, 0.4) is 0 Å². The van der Waals surface area contributed by atoms with E-state index in [1.54, 1.807) is 0 Å². The number of urea groups is 1. The van der Waals surface area contributed by atoms with Gasteiger partial charge in [-0.05, 0) is 24.4 Å². The molecule has 39 heavy (non-hydrogen) atoms. The Morgan fingerprint density at radius 1 is 1.26 bits per heavy atom. The number of anilines is 3. The lowest BCUT2D eigenvalue weighted by Crippen LogP contribution is -2.46. The minimum atomic E-state index is -0.827. The van der Waals surface area contributed by atoms with Crippen LogP contribution in [0.5, 0.6) is 0 Å². The van der Waals surface area contributed by atoms with Crippen molar-refractivity contribution in [3.8, 4) is 0 Å². The number of fused-ring (bicyclic) bond motifs is 1. The van der Waals surface area contributed by atoms with E-state index in [0.29, 0.717) is 5.13 Å². The van der Waals surface area contributed by atoms with E-state index in [4.69, 9.17) is 21.7 Å². The molecule has 0 saturated carbocycles. The molecule has 2 aliphatic heterocycles. The summed E-state index contributed by atoms with van der Waals surface area (Å²) in [5, 5.41) is 7.52. The number of hydrazine groups is 1. The fourth-order valence-electron chi connectivity index (χ4n) is 4.33. The number of thiocarbonyl (C=S) groups is 1. The maximum Gasteiger partial charge on any atom is 0.414 e. The largest absolute Gasteiger partial charge is 0.474 e. The Morgan fingerprint density at radius 2 is 2.03 bits per heavy atom. The Morgan fingerprint density at radius 3 is 2.77 bits per heavy atom. The van der Waals surface area contributed by atoms with Crippen LogP contribution in [0.15, 0.2) is 36.4 Å². The molecular formula is C24H25F2N7O4S2. The number of halogens is 2. The number of hydrogen-bond donors (Lipinski definition) is 3. The van der Waals surface area contributed by atoms with Gasteiger partial charge in [-0.2, -0.15) is 0 Å². The number of thiazole rings is 1. The van der Waals surface area contributed by atoms with Crippen molar-refractivity contribution in [3.63, 3.8) is 0 Å². The first-order valence-corrected chi connectivity index (χ1v) is 13.3. The van der Waals surface area contributed by atoms with E-state index in [2.05, 4.69) is 21.0 Å². The first-order chi connectivity index (χ1) is 18.8. The third kappa shape index (κ3) is 5.94. The number of para-hydroxylation sites is 1. The Hall–Kier alpha value is -3.82. The molecule has 2 saturated heterocycles.